The molecule has 6 nitrogen and oxygen atoms in total. The molecule has 3 unspecified atom stereocenters. The Hall–Kier alpha value is -0.240. The Morgan fingerprint density at radius 3 is 2.07 bits per heavy atom. The number of hydrogen-bond acceptors (Lipinski definition) is 6. The number of rotatable bonds is 20. The quantitative estimate of drug-likeness (QED) is 0.101. The molecule has 0 aliphatic heterocycles. The first-order valence-electron chi connectivity index (χ1n) is 11.7. The Morgan fingerprint density at radius 2 is 1.52 bits per heavy atom. The normalized spacial score (nSPS) is 16.3. The second-order valence-corrected chi connectivity index (χ2v) is 8.36. The van der Waals surface area contributed by atoms with Crippen molar-refractivity contribution in [2.24, 2.45) is 5.92 Å². The Kier molecular flexibility index (Phi) is 17.3. The van der Waals surface area contributed by atoms with Crippen LogP contribution in [0.2, 0.25) is 0 Å². The summed E-state index contributed by atoms with van der Waals surface area (Å²) in [7, 11) is 0. The minimum Gasteiger partial charge on any atom is -0.350 e. The molecule has 0 aromatic heterocycles. The number of hydrogen-bond donors (Lipinski definition) is 0. The first kappa shape index (κ1) is 28.8. The standard InChI is InChI=1S/C23H48O6/c1-9-12-17-25-23(27-20(6)7,26-18-19(4)5)15-13-14-22(24-16-10-2)29-28-21(8)11-3/h19-22H,9-18H2,1-8H3. The zero-order valence-electron chi connectivity index (χ0n) is 20.3. The Bertz CT molecular complexity index is 363. The minimum absolute atomic E-state index is 0.000847. The molecule has 0 amide bonds. The fraction of sp³-hybridized carbons (Fsp3) is 1.00. The van der Waals surface area contributed by atoms with Crippen LogP contribution in [0.4, 0.5) is 0 Å². The summed E-state index contributed by atoms with van der Waals surface area (Å²) in [5.74, 6) is -0.631. The fourth-order valence-electron chi connectivity index (χ4n) is 2.46. The molecular formula is C23H48O6. The van der Waals surface area contributed by atoms with Crippen LogP contribution in [-0.2, 0) is 28.7 Å². The topological polar surface area (TPSA) is 55.4 Å². The summed E-state index contributed by atoms with van der Waals surface area (Å²) in [6.07, 6.45) is 5.57. The van der Waals surface area contributed by atoms with E-state index in [0.29, 0.717) is 38.6 Å². The highest BCUT2D eigenvalue weighted by Gasteiger charge is 2.35. The van der Waals surface area contributed by atoms with Crippen molar-refractivity contribution < 1.29 is 28.7 Å². The van der Waals surface area contributed by atoms with Crippen molar-refractivity contribution in [1.82, 2.24) is 0 Å². The summed E-state index contributed by atoms with van der Waals surface area (Å²) in [6, 6.07) is 0. The molecular weight excluding hydrogens is 372 g/mol. The number of unbranched alkanes of at least 4 members (excludes halogenated alkanes) is 1. The lowest BCUT2D eigenvalue weighted by atomic mass is 10.2. The smallest absolute Gasteiger partial charge is 0.283 e. The van der Waals surface area contributed by atoms with Crippen LogP contribution in [0, 0.1) is 5.92 Å². The van der Waals surface area contributed by atoms with Gasteiger partial charge in [0.2, 0.25) is 0 Å². The van der Waals surface area contributed by atoms with Crippen molar-refractivity contribution in [3.8, 4) is 0 Å². The molecule has 0 aromatic rings. The lowest BCUT2D eigenvalue weighted by molar-refractivity contribution is -0.405. The zero-order valence-corrected chi connectivity index (χ0v) is 20.3. The molecule has 0 fully saturated rings. The second-order valence-electron chi connectivity index (χ2n) is 8.36. The molecule has 0 aromatic carbocycles. The highest BCUT2D eigenvalue weighted by molar-refractivity contribution is 4.63. The summed E-state index contributed by atoms with van der Waals surface area (Å²) in [5.41, 5.74) is 0. The molecule has 0 spiro atoms. The van der Waals surface area contributed by atoms with Crippen LogP contribution in [0.15, 0.2) is 0 Å². The van der Waals surface area contributed by atoms with Crippen LogP contribution >= 0.6 is 0 Å². The van der Waals surface area contributed by atoms with Gasteiger partial charge in [-0.05, 0) is 52.4 Å². The van der Waals surface area contributed by atoms with Gasteiger partial charge in [-0.1, -0.05) is 41.0 Å². The molecule has 0 rings (SSSR count). The third-order valence-electron chi connectivity index (χ3n) is 4.20. The molecule has 0 saturated carbocycles. The summed E-state index contributed by atoms with van der Waals surface area (Å²) < 4.78 is 24.3. The Labute approximate surface area is 179 Å². The summed E-state index contributed by atoms with van der Waals surface area (Å²) in [5, 5.41) is 0. The van der Waals surface area contributed by atoms with Gasteiger partial charge < -0.3 is 18.9 Å². The van der Waals surface area contributed by atoms with Gasteiger partial charge in [-0.25, -0.2) is 9.78 Å². The minimum atomic E-state index is -1.03. The van der Waals surface area contributed by atoms with Gasteiger partial charge in [-0.15, -0.1) is 0 Å². The lowest BCUT2D eigenvalue weighted by Crippen LogP contribution is -2.42. The van der Waals surface area contributed by atoms with Crippen molar-refractivity contribution in [3.63, 3.8) is 0 Å². The fourth-order valence-corrected chi connectivity index (χ4v) is 2.46. The van der Waals surface area contributed by atoms with Gasteiger partial charge in [0.25, 0.3) is 5.97 Å². The highest BCUT2D eigenvalue weighted by Crippen LogP contribution is 2.27. The van der Waals surface area contributed by atoms with E-state index in [2.05, 4.69) is 34.6 Å². The van der Waals surface area contributed by atoms with Crippen molar-refractivity contribution in [3.05, 3.63) is 0 Å². The van der Waals surface area contributed by atoms with E-state index in [-0.39, 0.29) is 12.2 Å². The van der Waals surface area contributed by atoms with Gasteiger partial charge in [0, 0.05) is 19.4 Å². The van der Waals surface area contributed by atoms with Crippen LogP contribution in [-0.4, -0.2) is 44.3 Å². The van der Waals surface area contributed by atoms with E-state index in [1.54, 1.807) is 0 Å². The zero-order chi connectivity index (χ0) is 22.1. The molecule has 0 heterocycles. The average molecular weight is 421 g/mol. The molecule has 0 aliphatic rings. The first-order chi connectivity index (χ1) is 13.8. The third kappa shape index (κ3) is 15.2. The van der Waals surface area contributed by atoms with E-state index < -0.39 is 12.3 Å². The van der Waals surface area contributed by atoms with E-state index in [1.165, 1.54) is 0 Å². The SMILES string of the molecule is CCCCOC(CCCC(OCCC)OOC(C)CC)(OCC(C)C)OC(C)C. The molecule has 0 saturated heterocycles. The van der Waals surface area contributed by atoms with E-state index >= 15 is 0 Å². The van der Waals surface area contributed by atoms with Crippen LogP contribution in [0.25, 0.3) is 0 Å². The van der Waals surface area contributed by atoms with Crippen molar-refractivity contribution >= 4 is 0 Å². The monoisotopic (exact) mass is 420 g/mol. The van der Waals surface area contributed by atoms with Gasteiger partial charge in [-0.3, -0.25) is 0 Å². The van der Waals surface area contributed by atoms with Gasteiger partial charge in [-0.2, -0.15) is 0 Å². The van der Waals surface area contributed by atoms with Crippen molar-refractivity contribution in [2.75, 3.05) is 19.8 Å². The largest absolute Gasteiger partial charge is 0.350 e. The van der Waals surface area contributed by atoms with Gasteiger partial charge in [0.15, 0.2) is 6.29 Å². The molecule has 0 aliphatic carbocycles. The van der Waals surface area contributed by atoms with Crippen LogP contribution < -0.4 is 0 Å². The van der Waals surface area contributed by atoms with Gasteiger partial charge in [0.05, 0.1) is 25.4 Å². The maximum atomic E-state index is 6.17. The van der Waals surface area contributed by atoms with E-state index in [0.717, 1.165) is 32.1 Å². The van der Waals surface area contributed by atoms with Crippen molar-refractivity contribution in [1.29, 1.82) is 0 Å². The summed E-state index contributed by atoms with van der Waals surface area (Å²) in [6.45, 7) is 18.4. The molecule has 6 heteroatoms. The molecule has 0 N–H and O–H groups in total. The van der Waals surface area contributed by atoms with E-state index in [9.17, 15) is 0 Å². The summed E-state index contributed by atoms with van der Waals surface area (Å²) in [4.78, 5) is 11.0. The van der Waals surface area contributed by atoms with Gasteiger partial charge in [0.1, 0.15) is 0 Å². The highest BCUT2D eigenvalue weighted by atomic mass is 17.2. The van der Waals surface area contributed by atoms with E-state index in [4.69, 9.17) is 28.7 Å². The van der Waals surface area contributed by atoms with Crippen LogP contribution in [0.3, 0.4) is 0 Å². The van der Waals surface area contributed by atoms with E-state index in [1.807, 2.05) is 20.8 Å². The van der Waals surface area contributed by atoms with Crippen LogP contribution in [0.5, 0.6) is 0 Å². The first-order valence-corrected chi connectivity index (χ1v) is 11.7. The molecule has 3 atom stereocenters. The van der Waals surface area contributed by atoms with Gasteiger partial charge >= 0.3 is 0 Å². The number of ether oxygens (including phenoxy) is 4. The predicted octanol–water partition coefficient (Wildman–Crippen LogP) is 6.22. The third-order valence-corrected chi connectivity index (χ3v) is 4.20. The predicted molar refractivity (Wildman–Crippen MR) is 116 cm³/mol. The lowest BCUT2D eigenvalue weighted by Gasteiger charge is -2.36. The molecule has 176 valence electrons. The average Bonchev–Trinajstić information content (AvgIpc) is 2.67. The second kappa shape index (κ2) is 17.4. The Morgan fingerprint density at radius 1 is 0.793 bits per heavy atom. The maximum Gasteiger partial charge on any atom is 0.283 e. The summed E-state index contributed by atoms with van der Waals surface area (Å²) >= 11 is 0. The molecule has 0 bridgehead atoms. The molecule has 29 heavy (non-hydrogen) atoms. The maximum absolute atomic E-state index is 6.17. The van der Waals surface area contributed by atoms with Crippen molar-refractivity contribution in [2.45, 2.75) is 125 Å². The Balaban J connectivity index is 4.94. The van der Waals surface area contributed by atoms with Crippen LogP contribution in [0.1, 0.15) is 100 Å². The molecule has 0 radical (unpaired) electrons.